The van der Waals surface area contributed by atoms with Crippen LogP contribution >= 0.6 is 11.8 Å². The average molecular weight is 497 g/mol. The Balaban J connectivity index is 1.35. The Bertz CT molecular complexity index is 1030. The van der Waals surface area contributed by atoms with Crippen molar-refractivity contribution < 1.29 is 24.2 Å². The molecule has 8 heteroatoms. The summed E-state index contributed by atoms with van der Waals surface area (Å²) < 4.78 is 5.60. The summed E-state index contributed by atoms with van der Waals surface area (Å²) in [7, 11) is 0. The van der Waals surface area contributed by atoms with E-state index in [9.17, 15) is 19.5 Å². The number of carbonyl (C=O) groups is 3. The second-order valence-corrected chi connectivity index (χ2v) is 10.2. The van der Waals surface area contributed by atoms with E-state index in [0.29, 0.717) is 12.2 Å². The first kappa shape index (κ1) is 25.1. The van der Waals surface area contributed by atoms with Gasteiger partial charge in [0.15, 0.2) is 0 Å². The Morgan fingerprint density at radius 3 is 2.23 bits per heavy atom. The largest absolute Gasteiger partial charge is 0.481 e. The molecular formula is C27H32N2O5S. The van der Waals surface area contributed by atoms with Crippen molar-refractivity contribution in [1.82, 2.24) is 10.6 Å². The first-order valence-electron chi connectivity index (χ1n) is 12.1. The van der Waals surface area contributed by atoms with E-state index in [-0.39, 0.29) is 30.9 Å². The molecule has 1 unspecified atom stereocenters. The molecule has 0 bridgehead atoms. The van der Waals surface area contributed by atoms with Crippen LogP contribution in [-0.4, -0.2) is 54.3 Å². The number of amides is 2. The Morgan fingerprint density at radius 2 is 1.69 bits per heavy atom. The van der Waals surface area contributed by atoms with E-state index in [0.717, 1.165) is 41.5 Å². The molecule has 3 N–H and O–H groups in total. The Hall–Kier alpha value is -3.00. The van der Waals surface area contributed by atoms with Gasteiger partial charge in [0.1, 0.15) is 12.6 Å². The molecule has 4 rings (SSSR count). The molecule has 2 aromatic carbocycles. The van der Waals surface area contributed by atoms with Crippen molar-refractivity contribution in [2.45, 2.75) is 37.6 Å². The minimum atomic E-state index is -0.889. The quantitative estimate of drug-likeness (QED) is 0.429. The van der Waals surface area contributed by atoms with Gasteiger partial charge in [-0.15, -0.1) is 0 Å². The van der Waals surface area contributed by atoms with E-state index in [1.54, 1.807) is 11.8 Å². The molecule has 0 radical (unpaired) electrons. The summed E-state index contributed by atoms with van der Waals surface area (Å²) in [4.78, 5) is 37.2. The molecule has 0 aliphatic heterocycles. The number of rotatable bonds is 11. The topological polar surface area (TPSA) is 105 Å². The van der Waals surface area contributed by atoms with E-state index in [2.05, 4.69) is 34.9 Å². The van der Waals surface area contributed by atoms with Crippen molar-refractivity contribution in [2.75, 3.05) is 25.2 Å². The maximum absolute atomic E-state index is 12.8. The van der Waals surface area contributed by atoms with Gasteiger partial charge in [-0.05, 0) is 59.4 Å². The fourth-order valence-corrected chi connectivity index (χ4v) is 5.39. The SMILES string of the molecule is CSCC[C@@H](NC(=O)OCC1c2ccccc2-c2ccccc21)C(=O)NCC(C(=O)O)C1CCC1. The molecule has 0 heterocycles. The normalized spacial score (nSPS) is 16.4. The smallest absolute Gasteiger partial charge is 0.407 e. The molecule has 35 heavy (non-hydrogen) atoms. The molecule has 2 aliphatic rings. The third kappa shape index (κ3) is 5.81. The number of carboxylic acids is 1. The van der Waals surface area contributed by atoms with Crippen molar-refractivity contribution in [3.63, 3.8) is 0 Å². The second kappa shape index (κ2) is 11.6. The number of thioether (sulfide) groups is 1. The average Bonchev–Trinajstić information content (AvgIpc) is 3.15. The summed E-state index contributed by atoms with van der Waals surface area (Å²) in [6.07, 6.45) is 4.49. The summed E-state index contributed by atoms with van der Waals surface area (Å²) in [6, 6.07) is 15.4. The van der Waals surface area contributed by atoms with Gasteiger partial charge in [-0.3, -0.25) is 9.59 Å². The maximum Gasteiger partial charge on any atom is 0.407 e. The van der Waals surface area contributed by atoms with Crippen LogP contribution in [0.5, 0.6) is 0 Å². The number of carbonyl (C=O) groups excluding carboxylic acids is 2. The molecular weight excluding hydrogens is 464 g/mol. The predicted octanol–water partition coefficient (Wildman–Crippen LogP) is 4.26. The summed E-state index contributed by atoms with van der Waals surface area (Å²) in [5.41, 5.74) is 4.53. The van der Waals surface area contributed by atoms with Crippen molar-refractivity contribution in [3.8, 4) is 11.1 Å². The van der Waals surface area contributed by atoms with Gasteiger partial charge in [0, 0.05) is 12.5 Å². The highest BCUT2D eigenvalue weighted by atomic mass is 32.2. The zero-order valence-electron chi connectivity index (χ0n) is 19.9. The van der Waals surface area contributed by atoms with Gasteiger partial charge in [0.05, 0.1) is 5.92 Å². The second-order valence-electron chi connectivity index (χ2n) is 9.18. The predicted molar refractivity (Wildman–Crippen MR) is 136 cm³/mol. The van der Waals surface area contributed by atoms with Crippen molar-refractivity contribution in [3.05, 3.63) is 59.7 Å². The summed E-state index contributed by atoms with van der Waals surface area (Å²) >= 11 is 1.57. The molecule has 0 saturated heterocycles. The minimum Gasteiger partial charge on any atom is -0.481 e. The van der Waals surface area contributed by atoms with Crippen LogP contribution in [0.2, 0.25) is 0 Å². The zero-order valence-corrected chi connectivity index (χ0v) is 20.7. The van der Waals surface area contributed by atoms with Gasteiger partial charge in [0.2, 0.25) is 5.91 Å². The zero-order chi connectivity index (χ0) is 24.8. The number of ether oxygens (including phenoxy) is 1. The number of alkyl carbamates (subject to hydrolysis) is 1. The first-order chi connectivity index (χ1) is 17.0. The molecule has 2 aliphatic carbocycles. The molecule has 186 valence electrons. The van der Waals surface area contributed by atoms with Gasteiger partial charge in [0.25, 0.3) is 0 Å². The Labute approximate surface area is 210 Å². The van der Waals surface area contributed by atoms with Crippen LogP contribution in [-0.2, 0) is 14.3 Å². The molecule has 2 atom stereocenters. The van der Waals surface area contributed by atoms with Gasteiger partial charge in [-0.1, -0.05) is 55.0 Å². The highest BCUT2D eigenvalue weighted by molar-refractivity contribution is 7.98. The van der Waals surface area contributed by atoms with Crippen LogP contribution in [0.3, 0.4) is 0 Å². The lowest BCUT2D eigenvalue weighted by Gasteiger charge is -2.31. The molecule has 1 fully saturated rings. The van der Waals surface area contributed by atoms with Crippen molar-refractivity contribution in [2.24, 2.45) is 11.8 Å². The summed E-state index contributed by atoms with van der Waals surface area (Å²) in [5.74, 6) is -1.15. The number of hydrogen-bond donors (Lipinski definition) is 3. The van der Waals surface area contributed by atoms with Gasteiger partial charge < -0.3 is 20.5 Å². The Morgan fingerprint density at radius 1 is 1.06 bits per heavy atom. The third-order valence-corrected chi connectivity index (χ3v) is 7.74. The van der Waals surface area contributed by atoms with Crippen molar-refractivity contribution in [1.29, 1.82) is 0 Å². The lowest BCUT2D eigenvalue weighted by molar-refractivity contribution is -0.144. The van der Waals surface area contributed by atoms with Gasteiger partial charge >= 0.3 is 12.1 Å². The maximum atomic E-state index is 12.8. The number of fused-ring (bicyclic) bond motifs is 3. The summed E-state index contributed by atoms with van der Waals surface area (Å²) in [6.45, 7) is 0.237. The van der Waals surface area contributed by atoms with Crippen LogP contribution in [0.25, 0.3) is 11.1 Å². The minimum absolute atomic E-state index is 0.0644. The summed E-state index contributed by atoms with van der Waals surface area (Å²) in [5, 5.41) is 15.0. The number of carboxylic acid groups (broad SMARTS) is 1. The number of hydrogen-bond acceptors (Lipinski definition) is 5. The molecule has 2 aromatic rings. The highest BCUT2D eigenvalue weighted by Gasteiger charge is 2.34. The van der Waals surface area contributed by atoms with E-state index in [1.807, 2.05) is 30.5 Å². The highest BCUT2D eigenvalue weighted by Crippen LogP contribution is 2.44. The molecule has 2 amide bonds. The molecule has 7 nitrogen and oxygen atoms in total. The van der Waals surface area contributed by atoms with E-state index < -0.39 is 24.0 Å². The first-order valence-corrected chi connectivity index (χ1v) is 13.5. The van der Waals surface area contributed by atoms with E-state index in [1.165, 1.54) is 0 Å². The van der Waals surface area contributed by atoms with Gasteiger partial charge in [-0.25, -0.2) is 4.79 Å². The molecule has 0 aromatic heterocycles. The van der Waals surface area contributed by atoms with E-state index >= 15 is 0 Å². The van der Waals surface area contributed by atoms with Crippen LogP contribution in [0, 0.1) is 11.8 Å². The fraction of sp³-hybridized carbons (Fsp3) is 0.444. The number of aliphatic carboxylic acids is 1. The Kier molecular flexibility index (Phi) is 8.33. The number of nitrogens with one attached hydrogen (secondary N) is 2. The fourth-order valence-electron chi connectivity index (χ4n) is 4.92. The van der Waals surface area contributed by atoms with Crippen LogP contribution in [0.1, 0.15) is 42.7 Å². The van der Waals surface area contributed by atoms with E-state index in [4.69, 9.17) is 4.74 Å². The molecule has 1 saturated carbocycles. The monoisotopic (exact) mass is 496 g/mol. The lowest BCUT2D eigenvalue weighted by atomic mass is 9.76. The third-order valence-electron chi connectivity index (χ3n) is 7.10. The van der Waals surface area contributed by atoms with Crippen LogP contribution in [0.4, 0.5) is 4.79 Å². The van der Waals surface area contributed by atoms with Crippen LogP contribution in [0.15, 0.2) is 48.5 Å². The number of benzene rings is 2. The van der Waals surface area contributed by atoms with Crippen LogP contribution < -0.4 is 10.6 Å². The van der Waals surface area contributed by atoms with Gasteiger partial charge in [-0.2, -0.15) is 11.8 Å². The lowest BCUT2D eigenvalue weighted by Crippen LogP contribution is -2.49. The molecule has 0 spiro atoms. The van der Waals surface area contributed by atoms with Crippen molar-refractivity contribution >= 4 is 29.7 Å². The standard InChI is InChI=1S/C27H32N2O5S/c1-35-14-13-24(25(30)28-15-22(26(31)32)17-7-6-8-17)29-27(33)34-16-23-20-11-4-2-9-18(20)19-10-3-5-12-21(19)23/h2-5,9-12,17,22-24H,6-8,13-16H2,1H3,(H,28,30)(H,29,33)(H,31,32)/t22?,24-/m1/s1.